The number of ether oxygens (including phenoxy) is 1. The summed E-state index contributed by atoms with van der Waals surface area (Å²) in [6.45, 7) is -1.44. The minimum absolute atomic E-state index is 0.0526. The molecular weight excluding hydrogens is 542 g/mol. The third-order valence-corrected chi connectivity index (χ3v) is 8.96. The number of carbonyl (C=O) groups is 2. The van der Waals surface area contributed by atoms with Crippen LogP contribution in [0, 0.1) is 17.8 Å². The lowest BCUT2D eigenvalue weighted by molar-refractivity contribution is -0.135. The van der Waals surface area contributed by atoms with E-state index in [4.69, 9.17) is 4.74 Å². The summed E-state index contributed by atoms with van der Waals surface area (Å²) < 4.78 is 32.9. The van der Waals surface area contributed by atoms with Crippen molar-refractivity contribution in [2.45, 2.75) is 31.8 Å². The molecule has 1 aromatic carbocycles. The molecule has 0 spiro atoms. The summed E-state index contributed by atoms with van der Waals surface area (Å²) in [4.78, 5) is 43.5. The first-order chi connectivity index (χ1) is 20.3. The molecule has 3 aromatic heterocycles. The predicted molar refractivity (Wildman–Crippen MR) is 151 cm³/mol. The molecule has 0 unspecified atom stereocenters. The number of pyridine rings is 1. The van der Waals surface area contributed by atoms with Crippen molar-refractivity contribution >= 4 is 23.3 Å². The van der Waals surface area contributed by atoms with Gasteiger partial charge in [0.25, 0.3) is 0 Å². The Kier molecular flexibility index (Phi) is 6.40. The van der Waals surface area contributed by atoms with E-state index in [0.29, 0.717) is 40.4 Å². The normalized spacial score (nSPS) is 23.1. The second kappa shape index (κ2) is 10.1. The molecule has 4 atom stereocenters. The number of halogens is 2. The predicted octanol–water partition coefficient (Wildman–Crippen LogP) is 4.66. The molecule has 216 valence electrons. The van der Waals surface area contributed by atoms with Gasteiger partial charge in [-0.15, -0.1) is 0 Å². The molecule has 2 bridgehead atoms. The molecule has 42 heavy (non-hydrogen) atoms. The van der Waals surface area contributed by atoms with Crippen molar-refractivity contribution in [3.8, 4) is 16.9 Å². The first kappa shape index (κ1) is 26.5. The first-order valence-electron chi connectivity index (χ1n) is 14.2. The van der Waals surface area contributed by atoms with Crippen LogP contribution < -0.4 is 9.64 Å². The fourth-order valence-electron chi connectivity index (χ4n) is 7.10. The van der Waals surface area contributed by atoms with Crippen LogP contribution in [-0.2, 0) is 4.79 Å². The van der Waals surface area contributed by atoms with E-state index in [-0.39, 0.29) is 29.8 Å². The molecule has 1 saturated carbocycles. The topological polar surface area (TPSA) is 92.9 Å². The van der Waals surface area contributed by atoms with Gasteiger partial charge in [-0.05, 0) is 42.9 Å². The number of fused-ring (bicyclic) bond motifs is 5. The lowest BCUT2D eigenvalue weighted by Crippen LogP contribution is -2.48. The zero-order chi connectivity index (χ0) is 29.1. The second-order valence-electron chi connectivity index (χ2n) is 11.6. The minimum atomic E-state index is -2.97. The standard InChI is InChI=1S/C31H30F2N6O3/c1-37(2)29(41)26-18-7-8-19(26)15-38(14-18)31-34-12-20(13-35-31)17-9-10-25-36-27-23(40)11-22(28(27)39(25)16-17)21-5-3-4-6-24(21)42-30(32)33/h3-6,9-10,12-13,16,18-19,22,26,30H,7-8,11,14-15H2,1-2H3/t18-,19+,22-,26-/m1/s1. The Morgan fingerprint density at radius 3 is 2.43 bits per heavy atom. The van der Waals surface area contributed by atoms with Crippen LogP contribution in [-0.4, -0.2) is 69.7 Å². The number of alkyl halides is 2. The number of piperidine rings is 1. The molecule has 11 heteroatoms. The van der Waals surface area contributed by atoms with Crippen molar-refractivity contribution in [1.29, 1.82) is 0 Å². The van der Waals surface area contributed by atoms with Crippen LogP contribution in [0.4, 0.5) is 14.7 Å². The van der Waals surface area contributed by atoms with E-state index in [1.807, 2.05) is 36.8 Å². The Bertz CT molecular complexity index is 1670. The molecule has 1 saturated heterocycles. The highest BCUT2D eigenvalue weighted by Gasteiger charge is 2.46. The molecule has 4 aromatic rings. The van der Waals surface area contributed by atoms with Crippen molar-refractivity contribution in [2.75, 3.05) is 32.1 Å². The van der Waals surface area contributed by atoms with Crippen LogP contribution in [0.2, 0.25) is 0 Å². The zero-order valence-corrected chi connectivity index (χ0v) is 23.3. The van der Waals surface area contributed by atoms with Gasteiger partial charge in [0.15, 0.2) is 5.78 Å². The van der Waals surface area contributed by atoms with Crippen molar-refractivity contribution in [3.63, 3.8) is 0 Å². The summed E-state index contributed by atoms with van der Waals surface area (Å²) in [7, 11) is 3.65. The number of anilines is 1. The first-order valence-corrected chi connectivity index (χ1v) is 14.2. The van der Waals surface area contributed by atoms with Gasteiger partial charge < -0.3 is 18.9 Å². The molecule has 0 radical (unpaired) electrons. The Balaban J connectivity index is 1.17. The highest BCUT2D eigenvalue weighted by Crippen LogP contribution is 2.44. The minimum Gasteiger partial charge on any atom is -0.435 e. The lowest BCUT2D eigenvalue weighted by Gasteiger charge is -2.38. The summed E-state index contributed by atoms with van der Waals surface area (Å²) in [6, 6.07) is 10.3. The Morgan fingerprint density at radius 2 is 1.74 bits per heavy atom. The van der Waals surface area contributed by atoms with Crippen molar-refractivity contribution in [3.05, 3.63) is 71.9 Å². The maximum absolute atomic E-state index is 13.1. The van der Waals surface area contributed by atoms with E-state index in [1.54, 1.807) is 35.5 Å². The SMILES string of the molecule is CN(C)C(=O)[C@@H]1[C@@H]2CC[C@H]1CN(c1ncc(-c3ccc4nc5c(n4c3)[C@@H](c3ccccc3OC(F)F)CC5=O)cn1)C2. The van der Waals surface area contributed by atoms with Gasteiger partial charge in [-0.3, -0.25) is 9.59 Å². The second-order valence-corrected chi connectivity index (χ2v) is 11.6. The smallest absolute Gasteiger partial charge is 0.387 e. The Morgan fingerprint density at radius 1 is 1.02 bits per heavy atom. The van der Waals surface area contributed by atoms with E-state index in [0.717, 1.165) is 37.1 Å². The van der Waals surface area contributed by atoms with Crippen LogP contribution >= 0.6 is 0 Å². The number of nitrogens with zero attached hydrogens (tertiary/aromatic N) is 6. The van der Waals surface area contributed by atoms with Gasteiger partial charge in [-0.2, -0.15) is 8.78 Å². The number of para-hydroxylation sites is 1. The highest BCUT2D eigenvalue weighted by atomic mass is 19.3. The lowest BCUT2D eigenvalue weighted by atomic mass is 9.84. The quantitative estimate of drug-likeness (QED) is 0.332. The molecular formula is C31H30F2N6O3. The fourth-order valence-corrected chi connectivity index (χ4v) is 7.10. The molecule has 7 rings (SSSR count). The molecule has 9 nitrogen and oxygen atoms in total. The number of imidazole rings is 1. The number of Topliss-reactive ketones (excluding diaryl/α,β-unsaturated/α-hetero) is 1. The number of hydrogen-bond acceptors (Lipinski definition) is 7. The van der Waals surface area contributed by atoms with Crippen LogP contribution in [0.15, 0.2) is 55.0 Å². The maximum Gasteiger partial charge on any atom is 0.387 e. The van der Waals surface area contributed by atoms with Crippen LogP contribution in [0.1, 0.15) is 46.9 Å². The monoisotopic (exact) mass is 572 g/mol. The molecule has 3 aliphatic rings. The summed E-state index contributed by atoms with van der Waals surface area (Å²) in [5.74, 6) is 1.000. The number of rotatable bonds is 6. The van der Waals surface area contributed by atoms with Crippen LogP contribution in [0.3, 0.4) is 0 Å². The highest BCUT2D eigenvalue weighted by molar-refractivity contribution is 6.00. The van der Waals surface area contributed by atoms with E-state index < -0.39 is 12.5 Å². The third kappa shape index (κ3) is 4.38. The van der Waals surface area contributed by atoms with Gasteiger partial charge in [0.1, 0.15) is 17.1 Å². The van der Waals surface area contributed by atoms with Gasteiger partial charge in [0.2, 0.25) is 11.9 Å². The third-order valence-electron chi connectivity index (χ3n) is 8.96. The van der Waals surface area contributed by atoms with E-state index in [9.17, 15) is 18.4 Å². The summed E-state index contributed by atoms with van der Waals surface area (Å²) in [5.41, 5.74) is 3.75. The van der Waals surface area contributed by atoms with Gasteiger partial charge >= 0.3 is 6.61 Å². The van der Waals surface area contributed by atoms with Gasteiger partial charge in [0, 0.05) is 80.7 Å². The summed E-state index contributed by atoms with van der Waals surface area (Å²) >= 11 is 0. The average molecular weight is 573 g/mol. The van der Waals surface area contributed by atoms with E-state index >= 15 is 0 Å². The number of benzene rings is 1. The number of amides is 1. The molecule has 4 heterocycles. The van der Waals surface area contributed by atoms with Crippen molar-refractivity contribution < 1.29 is 23.1 Å². The van der Waals surface area contributed by atoms with Crippen molar-refractivity contribution in [2.24, 2.45) is 17.8 Å². The van der Waals surface area contributed by atoms with Gasteiger partial charge in [-0.25, -0.2) is 15.0 Å². The molecule has 2 fully saturated rings. The number of carbonyl (C=O) groups excluding carboxylic acids is 2. The van der Waals surface area contributed by atoms with Crippen LogP contribution in [0.5, 0.6) is 5.75 Å². The van der Waals surface area contributed by atoms with Gasteiger partial charge in [-0.1, -0.05) is 18.2 Å². The largest absolute Gasteiger partial charge is 0.435 e. The number of ketones is 1. The van der Waals surface area contributed by atoms with Crippen molar-refractivity contribution in [1.82, 2.24) is 24.3 Å². The van der Waals surface area contributed by atoms with E-state index in [2.05, 4.69) is 19.9 Å². The average Bonchev–Trinajstić information content (AvgIpc) is 3.60. The number of aromatic nitrogens is 4. The van der Waals surface area contributed by atoms with Crippen LogP contribution in [0.25, 0.3) is 16.8 Å². The summed E-state index contributed by atoms with van der Waals surface area (Å²) in [6.07, 6.45) is 7.68. The maximum atomic E-state index is 13.1. The molecule has 1 aliphatic heterocycles. The Hall–Kier alpha value is -4.41. The molecule has 1 amide bonds. The summed E-state index contributed by atoms with van der Waals surface area (Å²) in [5, 5.41) is 0. The molecule has 0 N–H and O–H groups in total. The molecule has 2 aliphatic carbocycles. The number of hydrogen-bond donors (Lipinski definition) is 0. The van der Waals surface area contributed by atoms with E-state index in [1.165, 1.54) is 6.07 Å². The van der Waals surface area contributed by atoms with Gasteiger partial charge in [0.05, 0.1) is 5.69 Å². The fraction of sp³-hybridized carbons (Fsp3) is 0.387. The Labute approximate surface area is 241 Å². The zero-order valence-electron chi connectivity index (χ0n) is 23.3.